The maximum Gasteiger partial charge on any atom is 0.219 e. The number of pyridine rings is 1. The lowest BCUT2D eigenvalue weighted by Gasteiger charge is -2.34. The van der Waals surface area contributed by atoms with E-state index in [9.17, 15) is 4.79 Å². The lowest BCUT2D eigenvalue weighted by Crippen LogP contribution is -2.47. The van der Waals surface area contributed by atoms with E-state index in [1.807, 2.05) is 40.5 Å². The molecule has 1 fully saturated rings. The number of hydrogen-bond acceptors (Lipinski definition) is 4. The van der Waals surface area contributed by atoms with Crippen molar-refractivity contribution in [2.75, 3.05) is 26.2 Å². The first kappa shape index (κ1) is 22.3. The Balaban J connectivity index is 1.42. The number of aromatic nitrogens is 2. The number of hydrogen-bond donors (Lipinski definition) is 0. The number of rotatable bonds is 4. The highest BCUT2D eigenvalue weighted by Gasteiger charge is 2.22. The van der Waals surface area contributed by atoms with Gasteiger partial charge in [0.1, 0.15) is 5.65 Å². The third kappa shape index (κ3) is 4.33. The number of carbonyl (C=O) groups is 1. The minimum Gasteiger partial charge on any atom is -0.340 e. The zero-order chi connectivity index (χ0) is 23.9. The summed E-state index contributed by atoms with van der Waals surface area (Å²) in [7, 11) is 0. The molecule has 5 aromatic rings. The van der Waals surface area contributed by atoms with E-state index >= 15 is 0 Å². The van der Waals surface area contributed by atoms with Gasteiger partial charge in [-0.2, -0.15) is 0 Å². The van der Waals surface area contributed by atoms with Gasteiger partial charge in [-0.15, -0.1) is 11.3 Å². The number of halogens is 1. The van der Waals surface area contributed by atoms with E-state index in [1.54, 1.807) is 6.92 Å². The van der Waals surface area contributed by atoms with Gasteiger partial charge in [-0.05, 0) is 41.8 Å². The molecular weight excluding hydrogens is 476 g/mol. The van der Waals surface area contributed by atoms with Gasteiger partial charge < -0.3 is 9.30 Å². The monoisotopic (exact) mass is 500 g/mol. The minimum absolute atomic E-state index is 0.147. The number of piperazine rings is 1. The fourth-order valence-corrected chi connectivity index (χ4v) is 5.96. The molecule has 0 bridgehead atoms. The van der Waals surface area contributed by atoms with Crippen LogP contribution in [0.1, 0.15) is 12.6 Å². The van der Waals surface area contributed by atoms with Gasteiger partial charge in [0, 0.05) is 71.6 Å². The van der Waals surface area contributed by atoms with Crippen LogP contribution in [0, 0.1) is 0 Å². The number of thiophene rings is 1. The molecular formula is C28H25ClN4OS. The molecule has 0 spiro atoms. The van der Waals surface area contributed by atoms with E-state index in [0.717, 1.165) is 55.3 Å². The van der Waals surface area contributed by atoms with E-state index < -0.39 is 0 Å². The van der Waals surface area contributed by atoms with Crippen LogP contribution >= 0.6 is 22.9 Å². The molecule has 0 radical (unpaired) electrons. The second kappa shape index (κ2) is 9.11. The van der Waals surface area contributed by atoms with Crippen molar-refractivity contribution in [2.45, 2.75) is 13.5 Å². The summed E-state index contributed by atoms with van der Waals surface area (Å²) in [5.74, 6) is 0.147. The predicted molar refractivity (Wildman–Crippen MR) is 144 cm³/mol. The molecule has 0 N–H and O–H groups in total. The molecule has 5 nitrogen and oxygen atoms in total. The van der Waals surface area contributed by atoms with Crippen molar-refractivity contribution in [1.82, 2.24) is 19.2 Å². The van der Waals surface area contributed by atoms with Crippen molar-refractivity contribution in [1.29, 1.82) is 0 Å². The Labute approximate surface area is 213 Å². The molecule has 0 aliphatic carbocycles. The summed E-state index contributed by atoms with van der Waals surface area (Å²) in [4.78, 5) is 22.4. The van der Waals surface area contributed by atoms with Crippen molar-refractivity contribution in [3.05, 3.63) is 83.6 Å². The molecule has 4 heterocycles. The zero-order valence-corrected chi connectivity index (χ0v) is 21.0. The summed E-state index contributed by atoms with van der Waals surface area (Å²) in [5.41, 5.74) is 5.29. The van der Waals surface area contributed by atoms with E-state index in [2.05, 4.69) is 58.0 Å². The van der Waals surface area contributed by atoms with Crippen LogP contribution in [0.4, 0.5) is 0 Å². The Morgan fingerprint density at radius 2 is 1.71 bits per heavy atom. The number of amides is 1. The predicted octanol–water partition coefficient (Wildman–Crippen LogP) is 6.20. The van der Waals surface area contributed by atoms with Crippen LogP contribution in [-0.4, -0.2) is 51.3 Å². The van der Waals surface area contributed by atoms with Crippen molar-refractivity contribution < 1.29 is 4.79 Å². The van der Waals surface area contributed by atoms with E-state index in [1.165, 1.54) is 20.5 Å². The van der Waals surface area contributed by atoms with Crippen LogP contribution in [0.25, 0.3) is 37.4 Å². The zero-order valence-electron chi connectivity index (χ0n) is 19.4. The van der Waals surface area contributed by atoms with Crippen LogP contribution in [0.3, 0.4) is 0 Å². The van der Waals surface area contributed by atoms with Gasteiger partial charge in [-0.1, -0.05) is 41.9 Å². The Bertz CT molecular complexity index is 1500. The number of nitrogens with zero attached hydrogens (tertiary/aromatic N) is 4. The van der Waals surface area contributed by atoms with Crippen LogP contribution in [0.2, 0.25) is 5.02 Å². The standard InChI is InChI=1S/C28H25ClN4OS/c1-19(34)32-14-12-31(13-15-32)18-24-28(20-6-9-23(29)10-7-20)30-27-11-8-22(17-33(24)27)26-16-21-4-2-3-5-25(21)35-26/h2-11,16-17H,12-15,18H2,1H3. The molecule has 2 aromatic carbocycles. The summed E-state index contributed by atoms with van der Waals surface area (Å²) in [5, 5.41) is 1.98. The summed E-state index contributed by atoms with van der Waals surface area (Å²) in [6.45, 7) is 5.63. The van der Waals surface area contributed by atoms with Crippen molar-refractivity contribution in [2.24, 2.45) is 0 Å². The fourth-order valence-electron chi connectivity index (χ4n) is 4.79. The summed E-state index contributed by atoms with van der Waals surface area (Å²) in [6.07, 6.45) is 2.22. The van der Waals surface area contributed by atoms with Crippen LogP contribution in [0.5, 0.6) is 0 Å². The smallest absolute Gasteiger partial charge is 0.219 e. The van der Waals surface area contributed by atoms with Crippen molar-refractivity contribution in [3.8, 4) is 21.7 Å². The van der Waals surface area contributed by atoms with E-state index in [0.29, 0.717) is 5.02 Å². The largest absolute Gasteiger partial charge is 0.340 e. The van der Waals surface area contributed by atoms with Gasteiger partial charge >= 0.3 is 0 Å². The molecule has 1 aliphatic rings. The summed E-state index contributed by atoms with van der Waals surface area (Å²) < 4.78 is 3.53. The Morgan fingerprint density at radius 1 is 0.971 bits per heavy atom. The topological polar surface area (TPSA) is 40.9 Å². The van der Waals surface area contributed by atoms with Crippen LogP contribution in [0.15, 0.2) is 72.9 Å². The molecule has 1 saturated heterocycles. The van der Waals surface area contributed by atoms with Gasteiger partial charge in [-0.3, -0.25) is 9.69 Å². The molecule has 0 unspecified atom stereocenters. The molecule has 1 amide bonds. The van der Waals surface area contributed by atoms with Gasteiger partial charge in [0.25, 0.3) is 0 Å². The minimum atomic E-state index is 0.147. The maximum absolute atomic E-state index is 11.8. The van der Waals surface area contributed by atoms with Crippen molar-refractivity contribution >= 4 is 44.6 Å². The number of benzene rings is 2. The molecule has 6 rings (SSSR count). The highest BCUT2D eigenvalue weighted by atomic mass is 35.5. The van der Waals surface area contributed by atoms with E-state index in [-0.39, 0.29) is 5.91 Å². The van der Waals surface area contributed by atoms with E-state index in [4.69, 9.17) is 16.6 Å². The summed E-state index contributed by atoms with van der Waals surface area (Å²) >= 11 is 7.98. The lowest BCUT2D eigenvalue weighted by molar-refractivity contribution is -0.130. The number of fused-ring (bicyclic) bond motifs is 2. The average molecular weight is 501 g/mol. The Hall–Kier alpha value is -3.19. The van der Waals surface area contributed by atoms with Crippen molar-refractivity contribution in [3.63, 3.8) is 0 Å². The first-order chi connectivity index (χ1) is 17.0. The SMILES string of the molecule is CC(=O)N1CCN(Cc2c(-c3ccc(Cl)cc3)nc3ccc(-c4cc5ccccc5s4)cn23)CC1. The molecule has 0 saturated carbocycles. The second-order valence-corrected chi connectivity index (χ2v) is 10.5. The molecule has 3 aromatic heterocycles. The highest BCUT2D eigenvalue weighted by Crippen LogP contribution is 2.35. The molecule has 176 valence electrons. The van der Waals surface area contributed by atoms with Crippen LogP contribution in [-0.2, 0) is 11.3 Å². The molecule has 0 atom stereocenters. The first-order valence-electron chi connectivity index (χ1n) is 11.8. The molecule has 1 aliphatic heterocycles. The highest BCUT2D eigenvalue weighted by molar-refractivity contribution is 7.22. The van der Waals surface area contributed by atoms with Gasteiger partial charge in [-0.25, -0.2) is 4.98 Å². The first-order valence-corrected chi connectivity index (χ1v) is 13.0. The average Bonchev–Trinajstić information content (AvgIpc) is 3.46. The Kier molecular flexibility index (Phi) is 5.80. The third-order valence-corrected chi connectivity index (χ3v) is 8.15. The number of carbonyl (C=O) groups excluding carboxylic acids is 1. The van der Waals surface area contributed by atoms with Gasteiger partial charge in [0.2, 0.25) is 5.91 Å². The Morgan fingerprint density at radius 3 is 2.46 bits per heavy atom. The second-order valence-electron chi connectivity index (χ2n) is 8.99. The fraction of sp³-hybridized carbons (Fsp3) is 0.214. The van der Waals surface area contributed by atoms with Gasteiger partial charge in [0.15, 0.2) is 0 Å². The third-order valence-electron chi connectivity index (χ3n) is 6.74. The maximum atomic E-state index is 11.8. The normalized spacial score (nSPS) is 14.7. The van der Waals surface area contributed by atoms with Gasteiger partial charge in [0.05, 0.1) is 11.4 Å². The molecule has 35 heavy (non-hydrogen) atoms. The summed E-state index contributed by atoms with van der Waals surface area (Å²) in [6, 6.07) is 22.9. The lowest BCUT2D eigenvalue weighted by atomic mass is 10.1. The van der Waals surface area contributed by atoms with Crippen LogP contribution < -0.4 is 0 Å². The molecule has 7 heteroatoms. The number of imidazole rings is 1. The quantitative estimate of drug-likeness (QED) is 0.295.